The molecule has 9 nitrogen and oxygen atoms in total. The number of carbonyl (C=O) groups is 1. The lowest BCUT2D eigenvalue weighted by Gasteiger charge is -2.17. The largest absolute Gasteiger partial charge is 0.492 e. The van der Waals surface area contributed by atoms with Crippen molar-refractivity contribution < 1.29 is 28.5 Å². The van der Waals surface area contributed by atoms with Crippen LogP contribution in [-0.2, 0) is 16.2 Å². The van der Waals surface area contributed by atoms with Gasteiger partial charge >= 0.3 is 5.97 Å². The molecule has 1 aromatic carbocycles. The summed E-state index contributed by atoms with van der Waals surface area (Å²) in [5, 5.41) is 0. The van der Waals surface area contributed by atoms with Crippen LogP contribution in [0.3, 0.4) is 0 Å². The number of carbonyl (C=O) groups excluding carboxylic acids is 1. The summed E-state index contributed by atoms with van der Waals surface area (Å²) in [5.74, 6) is 2.03. The highest BCUT2D eigenvalue weighted by Crippen LogP contribution is 2.49. The third-order valence-electron chi connectivity index (χ3n) is 6.70. The summed E-state index contributed by atoms with van der Waals surface area (Å²) in [4.78, 5) is 22.3. The Morgan fingerprint density at radius 1 is 1.19 bits per heavy atom. The van der Waals surface area contributed by atoms with Crippen molar-refractivity contribution in [3.8, 4) is 28.5 Å². The highest BCUT2D eigenvalue weighted by Gasteiger charge is 2.31. The summed E-state index contributed by atoms with van der Waals surface area (Å²) >= 11 is 0. The molecule has 1 saturated carbocycles. The minimum absolute atomic E-state index is 0.122. The van der Waals surface area contributed by atoms with E-state index >= 15 is 0 Å². The molecule has 0 saturated heterocycles. The standard InChI is InChI=1S/C27H35N3O6Si/c1-6-33-27(31)21-17(2)30(15-32-11-12-37(3,4)5)25-23(21)28-14-29-24(25)22-19(34-13-18-7-8-18)9-10-20-26(22)36-16-35-20/h9-10,14,18H,6-8,11-13,15-16H2,1-5H3. The summed E-state index contributed by atoms with van der Waals surface area (Å²) in [6, 6.07) is 4.80. The van der Waals surface area contributed by atoms with Crippen LogP contribution in [0.5, 0.6) is 17.2 Å². The fourth-order valence-electron chi connectivity index (χ4n) is 4.41. The van der Waals surface area contributed by atoms with Gasteiger partial charge in [0.15, 0.2) is 11.5 Å². The van der Waals surface area contributed by atoms with E-state index < -0.39 is 14.0 Å². The summed E-state index contributed by atoms with van der Waals surface area (Å²) in [7, 11) is -1.26. The third kappa shape index (κ3) is 5.31. The van der Waals surface area contributed by atoms with Crippen molar-refractivity contribution >= 4 is 25.1 Å². The first-order valence-electron chi connectivity index (χ1n) is 12.9. The molecule has 0 spiro atoms. The number of benzene rings is 1. The van der Waals surface area contributed by atoms with Gasteiger partial charge in [0.25, 0.3) is 0 Å². The Labute approximate surface area is 218 Å². The van der Waals surface area contributed by atoms with E-state index in [-0.39, 0.29) is 20.1 Å². The third-order valence-corrected chi connectivity index (χ3v) is 8.41. The summed E-state index contributed by atoms with van der Waals surface area (Å²) in [5.41, 5.74) is 3.62. The lowest BCUT2D eigenvalue weighted by Crippen LogP contribution is -2.22. The van der Waals surface area contributed by atoms with Gasteiger partial charge in [-0.05, 0) is 50.8 Å². The Kier molecular flexibility index (Phi) is 7.13. The molecule has 0 bridgehead atoms. The number of esters is 1. The topological polar surface area (TPSA) is 93.9 Å². The maximum atomic E-state index is 13.0. The zero-order valence-electron chi connectivity index (χ0n) is 22.3. The van der Waals surface area contributed by atoms with Crippen molar-refractivity contribution in [3.05, 3.63) is 29.7 Å². The minimum Gasteiger partial charge on any atom is -0.492 e. The Balaban J connectivity index is 1.65. The zero-order chi connectivity index (χ0) is 26.2. The van der Waals surface area contributed by atoms with Gasteiger partial charge in [0.2, 0.25) is 6.79 Å². The van der Waals surface area contributed by atoms with Gasteiger partial charge in [0.1, 0.15) is 35.6 Å². The van der Waals surface area contributed by atoms with E-state index in [1.807, 2.05) is 23.6 Å². The van der Waals surface area contributed by atoms with E-state index in [0.29, 0.717) is 69.9 Å². The molecule has 1 aliphatic heterocycles. The predicted molar refractivity (Wildman–Crippen MR) is 142 cm³/mol. The SMILES string of the molecule is CCOC(=O)c1c(C)n(COCC[Si](C)(C)C)c2c(-c3c(OCC4CC4)ccc4c3OCO4)ncnc12. The molecule has 1 fully saturated rings. The van der Waals surface area contributed by atoms with Crippen molar-refractivity contribution in [2.75, 3.05) is 26.6 Å². The Bertz CT molecular complexity index is 1310. The molecule has 37 heavy (non-hydrogen) atoms. The summed E-state index contributed by atoms with van der Waals surface area (Å²) < 4.78 is 31.4. The molecule has 198 valence electrons. The van der Waals surface area contributed by atoms with E-state index in [1.54, 1.807) is 6.92 Å². The monoisotopic (exact) mass is 525 g/mol. The van der Waals surface area contributed by atoms with Crippen LogP contribution < -0.4 is 14.2 Å². The van der Waals surface area contributed by atoms with Gasteiger partial charge in [0, 0.05) is 20.4 Å². The molecule has 0 radical (unpaired) electrons. The van der Waals surface area contributed by atoms with E-state index in [4.69, 9.17) is 28.7 Å². The molecule has 10 heteroatoms. The number of hydrogen-bond acceptors (Lipinski definition) is 8. The summed E-state index contributed by atoms with van der Waals surface area (Å²) in [6.45, 7) is 12.6. The second-order valence-electron chi connectivity index (χ2n) is 10.8. The van der Waals surface area contributed by atoms with Gasteiger partial charge in [0.05, 0.1) is 24.3 Å². The van der Waals surface area contributed by atoms with Crippen LogP contribution in [0, 0.1) is 12.8 Å². The quantitative estimate of drug-likeness (QED) is 0.186. The van der Waals surface area contributed by atoms with Crippen molar-refractivity contribution in [2.24, 2.45) is 5.92 Å². The molecule has 3 heterocycles. The van der Waals surface area contributed by atoms with Crippen LogP contribution in [0.25, 0.3) is 22.3 Å². The molecule has 0 atom stereocenters. The number of rotatable bonds is 11. The maximum Gasteiger partial charge on any atom is 0.342 e. The number of fused-ring (bicyclic) bond motifs is 2. The molecular formula is C27H35N3O6Si. The molecule has 3 aromatic rings. The van der Waals surface area contributed by atoms with Gasteiger partial charge in [-0.2, -0.15) is 0 Å². The van der Waals surface area contributed by atoms with Crippen LogP contribution >= 0.6 is 0 Å². The smallest absolute Gasteiger partial charge is 0.342 e. The van der Waals surface area contributed by atoms with Gasteiger partial charge in [-0.1, -0.05) is 19.6 Å². The van der Waals surface area contributed by atoms with Crippen molar-refractivity contribution in [1.29, 1.82) is 0 Å². The van der Waals surface area contributed by atoms with E-state index in [0.717, 1.165) is 6.04 Å². The Morgan fingerprint density at radius 3 is 2.73 bits per heavy atom. The summed E-state index contributed by atoms with van der Waals surface area (Å²) in [6.07, 6.45) is 3.82. The van der Waals surface area contributed by atoms with Crippen molar-refractivity contribution in [1.82, 2.24) is 14.5 Å². The van der Waals surface area contributed by atoms with Gasteiger partial charge in [-0.3, -0.25) is 0 Å². The van der Waals surface area contributed by atoms with Crippen LogP contribution in [-0.4, -0.2) is 55.2 Å². The number of nitrogens with zero attached hydrogens (tertiary/aromatic N) is 3. The second-order valence-corrected chi connectivity index (χ2v) is 16.4. The van der Waals surface area contributed by atoms with E-state index in [9.17, 15) is 4.79 Å². The van der Waals surface area contributed by atoms with Crippen molar-refractivity contribution in [3.63, 3.8) is 0 Å². The average Bonchev–Trinajstić information content (AvgIpc) is 3.48. The average molecular weight is 526 g/mol. The molecule has 2 aliphatic rings. The lowest BCUT2D eigenvalue weighted by atomic mass is 10.1. The molecule has 5 rings (SSSR count). The molecular weight excluding hydrogens is 490 g/mol. The van der Waals surface area contributed by atoms with Crippen molar-refractivity contribution in [2.45, 2.75) is 59.1 Å². The van der Waals surface area contributed by atoms with Gasteiger partial charge < -0.3 is 28.3 Å². The lowest BCUT2D eigenvalue weighted by molar-refractivity contribution is 0.0525. The fraction of sp³-hybridized carbons (Fsp3) is 0.519. The molecule has 0 unspecified atom stereocenters. The van der Waals surface area contributed by atoms with E-state index in [1.165, 1.54) is 19.2 Å². The van der Waals surface area contributed by atoms with Crippen LogP contribution in [0.4, 0.5) is 0 Å². The highest BCUT2D eigenvalue weighted by molar-refractivity contribution is 6.76. The highest BCUT2D eigenvalue weighted by atomic mass is 28.3. The second kappa shape index (κ2) is 10.3. The van der Waals surface area contributed by atoms with Crippen LogP contribution in [0.1, 0.15) is 35.8 Å². The predicted octanol–water partition coefficient (Wildman–Crippen LogP) is 5.41. The number of aromatic nitrogens is 3. The fourth-order valence-corrected chi connectivity index (χ4v) is 5.17. The Morgan fingerprint density at radius 2 is 2.00 bits per heavy atom. The normalized spacial score (nSPS) is 14.8. The molecule has 2 aromatic heterocycles. The van der Waals surface area contributed by atoms with E-state index in [2.05, 4.69) is 24.6 Å². The van der Waals surface area contributed by atoms with Crippen LogP contribution in [0.15, 0.2) is 18.5 Å². The maximum absolute atomic E-state index is 13.0. The van der Waals surface area contributed by atoms with Gasteiger partial charge in [-0.15, -0.1) is 0 Å². The molecule has 0 N–H and O–H groups in total. The number of ether oxygens (including phenoxy) is 5. The first-order chi connectivity index (χ1) is 17.8. The minimum atomic E-state index is -1.26. The zero-order valence-corrected chi connectivity index (χ0v) is 23.3. The molecule has 1 aliphatic carbocycles. The van der Waals surface area contributed by atoms with Gasteiger partial charge in [-0.25, -0.2) is 14.8 Å². The first kappa shape index (κ1) is 25.5. The van der Waals surface area contributed by atoms with Crippen LogP contribution in [0.2, 0.25) is 25.7 Å². The Hall–Kier alpha value is -3.11. The number of hydrogen-bond donors (Lipinski definition) is 0. The molecule has 0 amide bonds. The first-order valence-corrected chi connectivity index (χ1v) is 16.6.